The molecule has 0 spiro atoms. The van der Waals surface area contributed by atoms with Crippen LogP contribution in [0.1, 0.15) is 0 Å². The number of carbonyl (C=O) groups is 1. The molecule has 0 aromatic rings. The van der Waals surface area contributed by atoms with E-state index in [-0.39, 0.29) is 12.5 Å². The van der Waals surface area contributed by atoms with Gasteiger partial charge in [-0.05, 0) is 0 Å². The maximum atomic E-state index is 11.6. The molecule has 0 radical (unpaired) electrons. The highest BCUT2D eigenvalue weighted by atomic mass is 16.5. The van der Waals surface area contributed by atoms with Gasteiger partial charge in [0.2, 0.25) is 5.91 Å². The smallest absolute Gasteiger partial charge is 0.236 e. The zero-order valence-corrected chi connectivity index (χ0v) is 8.61. The summed E-state index contributed by atoms with van der Waals surface area (Å²) < 4.78 is 5.14. The van der Waals surface area contributed by atoms with Gasteiger partial charge in [-0.15, -0.1) is 6.58 Å². The number of carbonyl (C=O) groups excluding carboxylic acids is 1. The number of ether oxygens (including phenoxy) is 1. The lowest BCUT2D eigenvalue weighted by Gasteiger charge is -2.29. The van der Waals surface area contributed by atoms with E-state index >= 15 is 0 Å². The third-order valence-electron chi connectivity index (χ3n) is 2.13. The number of hydrogen-bond acceptors (Lipinski definition) is 4. The van der Waals surface area contributed by atoms with Crippen molar-refractivity contribution in [2.75, 3.05) is 32.8 Å². The molecule has 1 aliphatic rings. The average Bonchev–Trinajstić information content (AvgIpc) is 2.29. The number of hydrogen-bond donors (Lipinski definition) is 1. The number of nitriles is 1. The van der Waals surface area contributed by atoms with Crippen LogP contribution in [0.5, 0.6) is 0 Å². The van der Waals surface area contributed by atoms with Crippen molar-refractivity contribution in [3.63, 3.8) is 0 Å². The summed E-state index contributed by atoms with van der Waals surface area (Å²) in [4.78, 5) is 13.2. The fraction of sp³-hybridized carbons (Fsp3) is 0.600. The monoisotopic (exact) mass is 209 g/mol. The van der Waals surface area contributed by atoms with Crippen LogP contribution >= 0.6 is 0 Å². The molecule has 1 amide bonds. The summed E-state index contributed by atoms with van der Waals surface area (Å²) in [5.41, 5.74) is 0. The van der Waals surface area contributed by atoms with Crippen molar-refractivity contribution in [2.24, 2.45) is 0 Å². The number of nitrogens with zero attached hydrogens (tertiary/aromatic N) is 2. The first kappa shape index (κ1) is 11.7. The van der Waals surface area contributed by atoms with E-state index in [2.05, 4.69) is 11.9 Å². The summed E-state index contributed by atoms with van der Waals surface area (Å²) in [6, 6.07) is 2.00. The van der Waals surface area contributed by atoms with Crippen LogP contribution in [-0.4, -0.2) is 49.7 Å². The SMILES string of the molecule is C=CCNCC(=O)N1CCOC(C#N)C1. The van der Waals surface area contributed by atoms with Gasteiger partial charge in [0.15, 0.2) is 6.10 Å². The summed E-state index contributed by atoms with van der Waals surface area (Å²) >= 11 is 0. The summed E-state index contributed by atoms with van der Waals surface area (Å²) in [7, 11) is 0. The highest BCUT2D eigenvalue weighted by Gasteiger charge is 2.23. The first-order valence-corrected chi connectivity index (χ1v) is 4.88. The van der Waals surface area contributed by atoms with Gasteiger partial charge in [-0.2, -0.15) is 5.26 Å². The normalized spacial score (nSPS) is 20.7. The van der Waals surface area contributed by atoms with Crippen LogP contribution < -0.4 is 5.32 Å². The van der Waals surface area contributed by atoms with Gasteiger partial charge in [0.05, 0.1) is 25.8 Å². The molecule has 1 N–H and O–H groups in total. The minimum atomic E-state index is -0.484. The Morgan fingerprint density at radius 2 is 2.60 bits per heavy atom. The van der Waals surface area contributed by atoms with E-state index in [4.69, 9.17) is 10.00 Å². The minimum absolute atomic E-state index is 0.000370. The van der Waals surface area contributed by atoms with Crippen molar-refractivity contribution in [2.45, 2.75) is 6.10 Å². The molecule has 0 bridgehead atoms. The molecule has 5 heteroatoms. The van der Waals surface area contributed by atoms with E-state index in [0.717, 1.165) is 0 Å². The average molecular weight is 209 g/mol. The van der Waals surface area contributed by atoms with E-state index in [1.54, 1.807) is 11.0 Å². The summed E-state index contributed by atoms with van der Waals surface area (Å²) in [5.74, 6) is 0.000370. The number of morpholine rings is 1. The van der Waals surface area contributed by atoms with Crippen LogP contribution in [0.15, 0.2) is 12.7 Å². The molecule has 1 heterocycles. The summed E-state index contributed by atoms with van der Waals surface area (Å²) in [6.45, 7) is 5.80. The van der Waals surface area contributed by atoms with E-state index in [1.807, 2.05) is 6.07 Å². The van der Waals surface area contributed by atoms with Crippen LogP contribution in [0, 0.1) is 11.3 Å². The van der Waals surface area contributed by atoms with Crippen molar-refractivity contribution in [1.82, 2.24) is 10.2 Å². The maximum absolute atomic E-state index is 11.6. The fourth-order valence-electron chi connectivity index (χ4n) is 1.35. The van der Waals surface area contributed by atoms with Crippen LogP contribution in [0.2, 0.25) is 0 Å². The van der Waals surface area contributed by atoms with Gasteiger partial charge in [0.1, 0.15) is 0 Å². The molecule has 1 atom stereocenters. The highest BCUT2D eigenvalue weighted by Crippen LogP contribution is 2.03. The Hall–Kier alpha value is -1.38. The lowest BCUT2D eigenvalue weighted by atomic mass is 10.3. The van der Waals surface area contributed by atoms with Gasteiger partial charge in [0.25, 0.3) is 0 Å². The summed E-state index contributed by atoms with van der Waals surface area (Å²) in [5, 5.41) is 11.6. The predicted molar refractivity (Wildman–Crippen MR) is 55.0 cm³/mol. The van der Waals surface area contributed by atoms with E-state index in [1.165, 1.54) is 0 Å². The Morgan fingerprint density at radius 3 is 3.27 bits per heavy atom. The van der Waals surface area contributed by atoms with Crippen molar-refractivity contribution in [3.8, 4) is 6.07 Å². The lowest BCUT2D eigenvalue weighted by molar-refractivity contribution is -0.135. The van der Waals surface area contributed by atoms with Crippen molar-refractivity contribution < 1.29 is 9.53 Å². The Bertz CT molecular complexity index is 272. The Labute approximate surface area is 89.3 Å². The van der Waals surface area contributed by atoms with Crippen LogP contribution in [0.4, 0.5) is 0 Å². The number of nitrogens with one attached hydrogen (secondary N) is 1. The van der Waals surface area contributed by atoms with Crippen molar-refractivity contribution in [1.29, 1.82) is 5.26 Å². The van der Waals surface area contributed by atoms with E-state index in [0.29, 0.717) is 26.2 Å². The van der Waals surface area contributed by atoms with Gasteiger partial charge in [-0.3, -0.25) is 4.79 Å². The summed E-state index contributed by atoms with van der Waals surface area (Å²) in [6.07, 6.45) is 1.21. The second kappa shape index (κ2) is 6.17. The molecule has 1 fully saturated rings. The first-order chi connectivity index (χ1) is 7.27. The molecule has 5 nitrogen and oxygen atoms in total. The third kappa shape index (κ3) is 3.70. The molecule has 15 heavy (non-hydrogen) atoms. The molecule has 0 saturated carbocycles. The molecule has 0 aliphatic carbocycles. The number of rotatable bonds is 4. The fourth-order valence-corrected chi connectivity index (χ4v) is 1.35. The third-order valence-corrected chi connectivity index (χ3v) is 2.13. The molecule has 0 aromatic heterocycles. The largest absolute Gasteiger partial charge is 0.360 e. The second-order valence-corrected chi connectivity index (χ2v) is 3.25. The van der Waals surface area contributed by atoms with Gasteiger partial charge >= 0.3 is 0 Å². The molecule has 1 saturated heterocycles. The predicted octanol–water partition coefficient (Wildman–Crippen LogP) is -0.487. The first-order valence-electron chi connectivity index (χ1n) is 4.88. The quantitative estimate of drug-likeness (QED) is 0.501. The van der Waals surface area contributed by atoms with Crippen LogP contribution in [0.3, 0.4) is 0 Å². The Morgan fingerprint density at radius 1 is 1.80 bits per heavy atom. The molecule has 1 rings (SSSR count). The molecule has 82 valence electrons. The maximum Gasteiger partial charge on any atom is 0.236 e. The standard InChI is InChI=1S/C10H15N3O2/c1-2-3-12-7-10(14)13-4-5-15-9(6-11)8-13/h2,9,12H,1,3-5,7-8H2. The van der Waals surface area contributed by atoms with Gasteiger partial charge < -0.3 is 15.0 Å². The van der Waals surface area contributed by atoms with Crippen molar-refractivity contribution >= 4 is 5.91 Å². The zero-order chi connectivity index (χ0) is 11.1. The topological polar surface area (TPSA) is 65.4 Å². The lowest BCUT2D eigenvalue weighted by Crippen LogP contribution is -2.48. The van der Waals surface area contributed by atoms with Gasteiger partial charge in [-0.25, -0.2) is 0 Å². The zero-order valence-electron chi connectivity index (χ0n) is 8.61. The van der Waals surface area contributed by atoms with E-state index < -0.39 is 6.10 Å². The second-order valence-electron chi connectivity index (χ2n) is 3.25. The molecular formula is C10H15N3O2. The van der Waals surface area contributed by atoms with E-state index in [9.17, 15) is 4.79 Å². The molecule has 0 aromatic carbocycles. The molecular weight excluding hydrogens is 194 g/mol. The van der Waals surface area contributed by atoms with Gasteiger partial charge in [-0.1, -0.05) is 6.08 Å². The minimum Gasteiger partial charge on any atom is -0.360 e. The number of amides is 1. The van der Waals surface area contributed by atoms with Crippen LogP contribution in [-0.2, 0) is 9.53 Å². The van der Waals surface area contributed by atoms with Crippen molar-refractivity contribution in [3.05, 3.63) is 12.7 Å². The molecule has 1 unspecified atom stereocenters. The van der Waals surface area contributed by atoms with Crippen LogP contribution in [0.25, 0.3) is 0 Å². The van der Waals surface area contributed by atoms with Gasteiger partial charge in [0, 0.05) is 13.1 Å². The Kier molecular flexibility index (Phi) is 4.81. The Balaban J connectivity index is 2.32. The molecule has 1 aliphatic heterocycles. The highest BCUT2D eigenvalue weighted by molar-refractivity contribution is 5.78.